The van der Waals surface area contributed by atoms with E-state index >= 15 is 0 Å². The molecular weight excluding hydrogens is 281 g/mol. The predicted octanol–water partition coefficient (Wildman–Crippen LogP) is 3.25. The fraction of sp³-hybridized carbons (Fsp3) is 0.100. The van der Waals surface area contributed by atoms with Gasteiger partial charge < -0.3 is 9.63 Å². The van der Waals surface area contributed by atoms with E-state index in [1.807, 2.05) is 18.2 Å². The molecule has 3 nitrogen and oxygen atoms in total. The molecule has 0 saturated heterocycles. The molecule has 0 unspecified atom stereocenters. The third-order valence-electron chi connectivity index (χ3n) is 2.03. The standard InChI is InChI=1S/C10H7BrClNO2/c11-10-7(5-14)9(13-15-10)6-3-1-2-4-8(6)12/h1-4,14H,5H2. The largest absolute Gasteiger partial charge is 0.391 e. The second kappa shape index (κ2) is 4.35. The minimum Gasteiger partial charge on any atom is -0.391 e. The molecule has 0 saturated carbocycles. The van der Waals surface area contributed by atoms with Crippen LogP contribution in [0.2, 0.25) is 5.02 Å². The Hall–Kier alpha value is -0.840. The first-order chi connectivity index (χ1) is 7.24. The molecule has 1 heterocycles. The highest BCUT2D eigenvalue weighted by Crippen LogP contribution is 2.32. The normalized spacial score (nSPS) is 10.6. The summed E-state index contributed by atoms with van der Waals surface area (Å²) in [5.41, 5.74) is 1.91. The number of hydrogen-bond donors (Lipinski definition) is 1. The lowest BCUT2D eigenvalue weighted by Crippen LogP contribution is -1.87. The van der Waals surface area contributed by atoms with Gasteiger partial charge in [0.1, 0.15) is 5.69 Å². The lowest BCUT2D eigenvalue weighted by molar-refractivity contribution is 0.278. The molecule has 0 atom stereocenters. The second-order valence-electron chi connectivity index (χ2n) is 2.92. The summed E-state index contributed by atoms with van der Waals surface area (Å²) in [5.74, 6) is 0. The Labute approximate surface area is 99.8 Å². The van der Waals surface area contributed by atoms with Crippen LogP contribution in [-0.2, 0) is 6.61 Å². The maximum atomic E-state index is 9.17. The summed E-state index contributed by atoms with van der Waals surface area (Å²) in [6.07, 6.45) is 0. The van der Waals surface area contributed by atoms with Gasteiger partial charge in [-0.1, -0.05) is 35.0 Å². The van der Waals surface area contributed by atoms with Crippen molar-refractivity contribution in [2.24, 2.45) is 0 Å². The first-order valence-electron chi connectivity index (χ1n) is 4.24. The zero-order valence-electron chi connectivity index (χ0n) is 7.58. The first-order valence-corrected chi connectivity index (χ1v) is 5.41. The van der Waals surface area contributed by atoms with E-state index in [4.69, 9.17) is 21.2 Å². The van der Waals surface area contributed by atoms with Crippen molar-refractivity contribution in [1.29, 1.82) is 0 Å². The molecular formula is C10H7BrClNO2. The third-order valence-corrected chi connectivity index (χ3v) is 2.98. The maximum Gasteiger partial charge on any atom is 0.208 e. The van der Waals surface area contributed by atoms with E-state index in [0.29, 0.717) is 20.9 Å². The molecule has 0 spiro atoms. The maximum absolute atomic E-state index is 9.17. The van der Waals surface area contributed by atoms with Crippen LogP contribution >= 0.6 is 27.5 Å². The van der Waals surface area contributed by atoms with Crippen LogP contribution in [0.4, 0.5) is 0 Å². The van der Waals surface area contributed by atoms with E-state index in [-0.39, 0.29) is 6.61 Å². The van der Waals surface area contributed by atoms with Crippen molar-refractivity contribution in [2.75, 3.05) is 0 Å². The molecule has 0 aliphatic heterocycles. The topological polar surface area (TPSA) is 46.3 Å². The Morgan fingerprint density at radius 1 is 1.40 bits per heavy atom. The van der Waals surface area contributed by atoms with Gasteiger partial charge in [-0.15, -0.1) is 0 Å². The molecule has 5 heteroatoms. The molecule has 0 aliphatic rings. The number of aliphatic hydroxyl groups is 1. The fourth-order valence-corrected chi connectivity index (χ4v) is 1.90. The highest BCUT2D eigenvalue weighted by atomic mass is 79.9. The molecule has 1 aromatic heterocycles. The van der Waals surface area contributed by atoms with Gasteiger partial charge in [0.2, 0.25) is 4.67 Å². The van der Waals surface area contributed by atoms with E-state index in [2.05, 4.69) is 21.1 Å². The third kappa shape index (κ3) is 1.93. The number of nitrogens with zero attached hydrogens (tertiary/aromatic N) is 1. The predicted molar refractivity (Wildman–Crippen MR) is 60.6 cm³/mol. The zero-order chi connectivity index (χ0) is 10.8. The first kappa shape index (κ1) is 10.7. The van der Waals surface area contributed by atoms with Crippen molar-refractivity contribution in [2.45, 2.75) is 6.61 Å². The van der Waals surface area contributed by atoms with Crippen LogP contribution in [0, 0.1) is 0 Å². The number of aliphatic hydroxyl groups excluding tert-OH is 1. The van der Waals surface area contributed by atoms with Gasteiger partial charge in [0.05, 0.1) is 17.2 Å². The number of halogens is 2. The van der Waals surface area contributed by atoms with E-state index in [0.717, 1.165) is 5.56 Å². The monoisotopic (exact) mass is 287 g/mol. The van der Waals surface area contributed by atoms with Gasteiger partial charge in [-0.05, 0) is 22.0 Å². The van der Waals surface area contributed by atoms with Crippen LogP contribution in [0.1, 0.15) is 5.56 Å². The Bertz CT molecular complexity index is 484. The zero-order valence-corrected chi connectivity index (χ0v) is 9.92. The second-order valence-corrected chi connectivity index (χ2v) is 4.05. The molecule has 2 rings (SSSR count). The Morgan fingerprint density at radius 2 is 2.13 bits per heavy atom. The summed E-state index contributed by atoms with van der Waals surface area (Å²) in [5, 5.41) is 13.6. The van der Waals surface area contributed by atoms with Crippen LogP contribution in [0.15, 0.2) is 33.5 Å². The summed E-state index contributed by atoms with van der Waals surface area (Å²) in [6.45, 7) is -0.148. The molecule has 1 aromatic carbocycles. The molecule has 0 bridgehead atoms. The summed E-state index contributed by atoms with van der Waals surface area (Å²) < 4.78 is 5.37. The van der Waals surface area contributed by atoms with E-state index in [9.17, 15) is 0 Å². The SMILES string of the molecule is OCc1c(-c2ccccc2Cl)noc1Br. The Morgan fingerprint density at radius 3 is 2.80 bits per heavy atom. The lowest BCUT2D eigenvalue weighted by Gasteiger charge is -2.00. The number of aromatic nitrogens is 1. The Kier molecular flexibility index (Phi) is 3.09. The average Bonchev–Trinajstić information content (AvgIpc) is 2.60. The number of benzene rings is 1. The summed E-state index contributed by atoms with van der Waals surface area (Å²) in [7, 11) is 0. The van der Waals surface area contributed by atoms with E-state index < -0.39 is 0 Å². The van der Waals surface area contributed by atoms with Gasteiger partial charge in [0.15, 0.2) is 0 Å². The van der Waals surface area contributed by atoms with Crippen LogP contribution in [0.25, 0.3) is 11.3 Å². The molecule has 0 amide bonds. The summed E-state index contributed by atoms with van der Waals surface area (Å²) in [6, 6.07) is 7.27. The molecule has 15 heavy (non-hydrogen) atoms. The molecule has 1 N–H and O–H groups in total. The van der Waals surface area contributed by atoms with Gasteiger partial charge in [0, 0.05) is 5.56 Å². The minimum absolute atomic E-state index is 0.148. The fourth-order valence-electron chi connectivity index (χ4n) is 1.29. The van der Waals surface area contributed by atoms with Gasteiger partial charge in [-0.3, -0.25) is 0 Å². The van der Waals surface area contributed by atoms with Crippen molar-refractivity contribution in [3.05, 3.63) is 39.5 Å². The van der Waals surface area contributed by atoms with Gasteiger partial charge in [-0.25, -0.2) is 0 Å². The van der Waals surface area contributed by atoms with Crippen LogP contribution < -0.4 is 0 Å². The molecule has 2 aromatic rings. The Balaban J connectivity index is 2.59. The molecule has 0 fully saturated rings. The van der Waals surface area contributed by atoms with Crippen molar-refractivity contribution in [1.82, 2.24) is 5.16 Å². The van der Waals surface area contributed by atoms with Crippen LogP contribution in [0.3, 0.4) is 0 Å². The van der Waals surface area contributed by atoms with Crippen molar-refractivity contribution in [3.63, 3.8) is 0 Å². The lowest BCUT2D eigenvalue weighted by atomic mass is 10.1. The molecule has 0 aliphatic carbocycles. The number of hydrogen-bond acceptors (Lipinski definition) is 3. The highest BCUT2D eigenvalue weighted by Gasteiger charge is 2.16. The van der Waals surface area contributed by atoms with E-state index in [1.165, 1.54) is 0 Å². The van der Waals surface area contributed by atoms with Crippen LogP contribution in [-0.4, -0.2) is 10.3 Å². The summed E-state index contributed by atoms with van der Waals surface area (Å²) in [4.78, 5) is 0. The van der Waals surface area contributed by atoms with Gasteiger partial charge >= 0.3 is 0 Å². The van der Waals surface area contributed by atoms with Crippen molar-refractivity contribution in [3.8, 4) is 11.3 Å². The van der Waals surface area contributed by atoms with Crippen molar-refractivity contribution >= 4 is 27.5 Å². The molecule has 0 radical (unpaired) electrons. The average molecular weight is 289 g/mol. The highest BCUT2D eigenvalue weighted by molar-refractivity contribution is 9.10. The van der Waals surface area contributed by atoms with Gasteiger partial charge in [-0.2, -0.15) is 0 Å². The van der Waals surface area contributed by atoms with Crippen LogP contribution in [0.5, 0.6) is 0 Å². The minimum atomic E-state index is -0.148. The smallest absolute Gasteiger partial charge is 0.208 e. The molecule has 78 valence electrons. The number of rotatable bonds is 2. The van der Waals surface area contributed by atoms with E-state index in [1.54, 1.807) is 6.07 Å². The van der Waals surface area contributed by atoms with Gasteiger partial charge in [0.25, 0.3) is 0 Å². The summed E-state index contributed by atoms with van der Waals surface area (Å²) >= 11 is 9.19. The quantitative estimate of drug-likeness (QED) is 0.922. The van der Waals surface area contributed by atoms with Crippen molar-refractivity contribution < 1.29 is 9.63 Å².